The van der Waals surface area contributed by atoms with Crippen molar-refractivity contribution in [2.75, 3.05) is 13.1 Å². The first-order chi connectivity index (χ1) is 17.5. The lowest BCUT2D eigenvalue weighted by atomic mass is 10.0. The highest BCUT2D eigenvalue weighted by Crippen LogP contribution is 2.25. The Hall–Kier alpha value is -3.22. The molecule has 1 heterocycles. The van der Waals surface area contributed by atoms with E-state index in [4.69, 9.17) is 4.74 Å². The highest BCUT2D eigenvalue weighted by atomic mass is 79.9. The van der Waals surface area contributed by atoms with Crippen molar-refractivity contribution in [1.29, 1.82) is 0 Å². The number of benzene rings is 4. The van der Waals surface area contributed by atoms with Crippen LogP contribution in [0.25, 0.3) is 22.3 Å². The van der Waals surface area contributed by atoms with Gasteiger partial charge in [0.05, 0.1) is 12.1 Å². The Labute approximate surface area is 227 Å². The van der Waals surface area contributed by atoms with Crippen LogP contribution in [0.15, 0.2) is 106 Å². The van der Waals surface area contributed by atoms with Crippen molar-refractivity contribution >= 4 is 43.7 Å². The summed E-state index contributed by atoms with van der Waals surface area (Å²) in [6, 6.07) is 31.1. The van der Waals surface area contributed by atoms with Crippen LogP contribution in [0.5, 0.6) is 0 Å². The number of nitrogens with zero attached hydrogens (tertiary/aromatic N) is 1. The van der Waals surface area contributed by atoms with E-state index in [1.54, 1.807) is 17.0 Å². The molecular weight excluding hydrogens is 582 g/mol. The third-order valence-corrected chi connectivity index (χ3v) is 7.37. The molecule has 0 bridgehead atoms. The second-order valence-corrected chi connectivity index (χ2v) is 10.6. The summed E-state index contributed by atoms with van der Waals surface area (Å²) in [4.78, 5) is 27.5. The van der Waals surface area contributed by atoms with Crippen molar-refractivity contribution < 1.29 is 14.3 Å². The van der Waals surface area contributed by atoms with E-state index in [1.807, 2.05) is 84.9 Å². The fraction of sp³-hybridized carbons (Fsp3) is 0.133. The summed E-state index contributed by atoms with van der Waals surface area (Å²) in [5.74, 6) is -0.412. The lowest BCUT2D eigenvalue weighted by Crippen LogP contribution is -2.30. The first-order valence-electron chi connectivity index (χ1n) is 11.7. The van der Waals surface area contributed by atoms with Crippen molar-refractivity contribution in [1.82, 2.24) is 4.90 Å². The second-order valence-electron chi connectivity index (χ2n) is 8.74. The maximum atomic E-state index is 13.0. The van der Waals surface area contributed by atoms with Crippen molar-refractivity contribution in [3.63, 3.8) is 0 Å². The van der Waals surface area contributed by atoms with E-state index in [9.17, 15) is 9.59 Å². The molecule has 1 aliphatic rings. The van der Waals surface area contributed by atoms with Gasteiger partial charge in [0.2, 0.25) is 0 Å². The standard InChI is InChI=1S/C30H23Br2NO3/c31-26-13-9-22(10-14-26)20-1-5-24(6-2-20)29(34)33-18-17-28(19-33)36-30(35)25-7-3-21(4-8-25)23-11-15-27(32)16-12-23/h1-16,28H,17-19H2/t28-/m1/s1. The normalized spacial score (nSPS) is 15.1. The van der Waals surface area contributed by atoms with Crippen molar-refractivity contribution in [2.24, 2.45) is 0 Å². The minimum Gasteiger partial charge on any atom is -0.457 e. The number of esters is 1. The molecule has 4 nitrogen and oxygen atoms in total. The summed E-state index contributed by atoms with van der Waals surface area (Å²) in [6.07, 6.45) is 0.320. The Morgan fingerprint density at radius 3 is 1.53 bits per heavy atom. The largest absolute Gasteiger partial charge is 0.457 e. The minimum absolute atomic E-state index is 0.0465. The van der Waals surface area contributed by atoms with E-state index >= 15 is 0 Å². The molecule has 0 aliphatic carbocycles. The molecule has 0 spiro atoms. The van der Waals surface area contributed by atoms with E-state index in [1.165, 1.54) is 0 Å². The first kappa shape index (κ1) is 24.5. The molecule has 1 saturated heterocycles. The topological polar surface area (TPSA) is 46.6 Å². The number of halogens is 2. The molecule has 0 saturated carbocycles. The Morgan fingerprint density at radius 1 is 0.639 bits per heavy atom. The van der Waals surface area contributed by atoms with E-state index in [-0.39, 0.29) is 18.0 Å². The molecule has 0 unspecified atom stereocenters. The predicted octanol–water partition coefficient (Wildman–Crippen LogP) is 7.62. The molecule has 5 rings (SSSR count). The zero-order valence-electron chi connectivity index (χ0n) is 19.4. The second kappa shape index (κ2) is 10.8. The molecule has 4 aromatic carbocycles. The van der Waals surface area contributed by atoms with Gasteiger partial charge in [-0.05, 0) is 70.8 Å². The molecule has 180 valence electrons. The van der Waals surface area contributed by atoms with Crippen molar-refractivity contribution in [2.45, 2.75) is 12.5 Å². The van der Waals surface area contributed by atoms with E-state index < -0.39 is 0 Å². The van der Waals surface area contributed by atoms with Crippen LogP contribution in [-0.2, 0) is 4.74 Å². The molecule has 0 aromatic heterocycles. The smallest absolute Gasteiger partial charge is 0.338 e. The fourth-order valence-electron chi connectivity index (χ4n) is 4.30. The van der Waals surface area contributed by atoms with Gasteiger partial charge >= 0.3 is 5.97 Å². The lowest BCUT2D eigenvalue weighted by Gasteiger charge is -2.17. The molecular formula is C30H23Br2NO3. The molecule has 0 radical (unpaired) electrons. The van der Waals surface area contributed by atoms with Crippen molar-refractivity contribution in [3.05, 3.63) is 117 Å². The lowest BCUT2D eigenvalue weighted by molar-refractivity contribution is 0.0315. The Bertz CT molecular complexity index is 1370. The first-order valence-corrected chi connectivity index (χ1v) is 13.3. The van der Waals surface area contributed by atoms with Crippen LogP contribution < -0.4 is 0 Å². The minimum atomic E-state index is -0.365. The number of ether oxygens (including phenoxy) is 1. The maximum absolute atomic E-state index is 13.0. The number of hydrogen-bond acceptors (Lipinski definition) is 3. The predicted molar refractivity (Wildman–Crippen MR) is 149 cm³/mol. The van der Waals surface area contributed by atoms with Crippen molar-refractivity contribution in [3.8, 4) is 22.3 Å². The van der Waals surface area contributed by atoms with Gasteiger partial charge in [0.15, 0.2) is 0 Å². The van der Waals surface area contributed by atoms with Crippen LogP contribution in [-0.4, -0.2) is 36.0 Å². The van der Waals surface area contributed by atoms with Gasteiger partial charge in [-0.3, -0.25) is 4.79 Å². The van der Waals surface area contributed by atoms with Crippen LogP contribution in [0, 0.1) is 0 Å². The van der Waals surface area contributed by atoms with Crippen LogP contribution >= 0.6 is 31.9 Å². The van der Waals surface area contributed by atoms with E-state index in [0.29, 0.717) is 30.6 Å². The van der Waals surface area contributed by atoms with E-state index in [2.05, 4.69) is 31.9 Å². The Kier molecular flexibility index (Phi) is 7.35. The van der Waals surface area contributed by atoms with Crippen LogP contribution in [0.1, 0.15) is 27.1 Å². The zero-order chi connectivity index (χ0) is 25.1. The third kappa shape index (κ3) is 5.61. The molecule has 1 fully saturated rings. The number of likely N-dealkylation sites (tertiary alicyclic amines) is 1. The average molecular weight is 605 g/mol. The van der Waals surface area contributed by atoms with Gasteiger partial charge in [-0.25, -0.2) is 4.79 Å². The summed E-state index contributed by atoms with van der Waals surface area (Å²) in [6.45, 7) is 0.962. The summed E-state index contributed by atoms with van der Waals surface area (Å²) in [5.41, 5.74) is 5.39. The summed E-state index contributed by atoms with van der Waals surface area (Å²) in [5, 5.41) is 0. The van der Waals surface area contributed by atoms with Gasteiger partial charge in [-0.1, -0.05) is 80.4 Å². The quantitative estimate of drug-likeness (QED) is 0.220. The molecule has 36 heavy (non-hydrogen) atoms. The van der Waals surface area contributed by atoms with E-state index in [0.717, 1.165) is 31.2 Å². The summed E-state index contributed by atoms with van der Waals surface area (Å²) >= 11 is 6.89. The van der Waals surface area contributed by atoms with Gasteiger partial charge in [0.25, 0.3) is 5.91 Å². The molecule has 0 N–H and O–H groups in total. The third-order valence-electron chi connectivity index (χ3n) is 6.31. The van der Waals surface area contributed by atoms with Crippen LogP contribution in [0.4, 0.5) is 0 Å². The molecule has 1 aliphatic heterocycles. The number of carbonyl (C=O) groups is 2. The van der Waals surface area contributed by atoms with Crippen LogP contribution in [0.2, 0.25) is 0 Å². The Balaban J connectivity index is 1.17. The highest BCUT2D eigenvalue weighted by Gasteiger charge is 2.29. The molecule has 4 aromatic rings. The van der Waals surface area contributed by atoms with Gasteiger partial charge < -0.3 is 9.64 Å². The summed E-state index contributed by atoms with van der Waals surface area (Å²) in [7, 11) is 0. The van der Waals surface area contributed by atoms with Gasteiger partial charge in [0.1, 0.15) is 6.10 Å². The summed E-state index contributed by atoms with van der Waals surface area (Å²) < 4.78 is 7.77. The zero-order valence-corrected chi connectivity index (χ0v) is 22.5. The number of amides is 1. The Morgan fingerprint density at radius 2 is 1.06 bits per heavy atom. The van der Waals surface area contributed by atoms with Crippen LogP contribution in [0.3, 0.4) is 0 Å². The van der Waals surface area contributed by atoms with Gasteiger partial charge in [-0.15, -0.1) is 0 Å². The average Bonchev–Trinajstić information content (AvgIpc) is 3.38. The number of rotatable bonds is 5. The number of hydrogen-bond donors (Lipinski definition) is 0. The monoisotopic (exact) mass is 603 g/mol. The fourth-order valence-corrected chi connectivity index (χ4v) is 4.83. The molecule has 6 heteroatoms. The van der Waals surface area contributed by atoms with Gasteiger partial charge in [0, 0.05) is 27.5 Å². The highest BCUT2D eigenvalue weighted by molar-refractivity contribution is 9.10. The molecule has 1 amide bonds. The SMILES string of the molecule is O=C(O[C@@H]1CCN(C(=O)c2ccc(-c3ccc(Br)cc3)cc2)C1)c1ccc(-c2ccc(Br)cc2)cc1. The molecule has 1 atom stereocenters. The van der Waals surface area contributed by atoms with Gasteiger partial charge in [-0.2, -0.15) is 0 Å². The maximum Gasteiger partial charge on any atom is 0.338 e. The number of carbonyl (C=O) groups excluding carboxylic acids is 2.